The fourth-order valence-corrected chi connectivity index (χ4v) is 6.88. The molecule has 0 saturated carbocycles. The number of nitrogens with zero attached hydrogens (tertiary/aromatic N) is 2. The Balaban J connectivity index is 1.36. The highest BCUT2D eigenvalue weighted by atomic mass is 16.5. The van der Waals surface area contributed by atoms with Gasteiger partial charge in [0.2, 0.25) is 23.6 Å². The maximum absolute atomic E-state index is 14.6. The number of carbonyl (C=O) groups is 6. The van der Waals surface area contributed by atoms with Crippen molar-refractivity contribution in [1.29, 1.82) is 0 Å². The first-order chi connectivity index (χ1) is 27.9. The van der Waals surface area contributed by atoms with Gasteiger partial charge in [-0.15, -0.1) is 0 Å². The van der Waals surface area contributed by atoms with Crippen LogP contribution in [0.5, 0.6) is 11.5 Å². The number of hydrogen-bond acceptors (Lipinski definition) is 9. The van der Waals surface area contributed by atoms with Gasteiger partial charge >= 0.3 is 0 Å². The monoisotopic (exact) mass is 795 g/mol. The third kappa shape index (κ3) is 9.92. The first kappa shape index (κ1) is 41.2. The number of H-pyrrole nitrogens is 1. The second kappa shape index (κ2) is 18.7. The van der Waals surface area contributed by atoms with E-state index in [0.717, 1.165) is 16.5 Å². The van der Waals surface area contributed by atoms with Crippen LogP contribution < -0.4 is 35.6 Å². The molecule has 5 N–H and O–H groups in total. The zero-order valence-electron chi connectivity index (χ0n) is 33.0. The van der Waals surface area contributed by atoms with Gasteiger partial charge in [0.05, 0.1) is 25.4 Å². The van der Waals surface area contributed by atoms with E-state index in [0.29, 0.717) is 22.7 Å². The maximum atomic E-state index is 14.6. The molecule has 7 rings (SSSR count). The van der Waals surface area contributed by atoms with Crippen LogP contribution in [0.3, 0.4) is 0 Å². The van der Waals surface area contributed by atoms with Gasteiger partial charge in [-0.1, -0.05) is 44.2 Å². The van der Waals surface area contributed by atoms with Crippen LogP contribution in [0.4, 0.5) is 5.69 Å². The van der Waals surface area contributed by atoms with Gasteiger partial charge in [0, 0.05) is 56.2 Å². The predicted molar refractivity (Wildman–Crippen MR) is 214 cm³/mol. The normalized spacial score (nSPS) is 19.8. The highest BCUT2D eigenvalue weighted by molar-refractivity contribution is 6.02. The summed E-state index contributed by atoms with van der Waals surface area (Å²) in [6.45, 7) is 3.46. The van der Waals surface area contributed by atoms with Crippen molar-refractivity contribution in [3.63, 3.8) is 0 Å². The summed E-state index contributed by atoms with van der Waals surface area (Å²) in [4.78, 5) is 88.1. The number of aromatic amines is 1. The molecule has 3 atom stereocenters. The summed E-state index contributed by atoms with van der Waals surface area (Å²) in [6, 6.07) is 15.9. The molecular formula is C42H49N7O9. The molecule has 0 aliphatic carbocycles. The minimum Gasteiger partial charge on any atom is -0.492 e. The molecule has 1 aromatic heterocycles. The molecule has 0 unspecified atom stereocenters. The Bertz CT molecular complexity index is 2150. The van der Waals surface area contributed by atoms with Crippen LogP contribution >= 0.6 is 0 Å². The summed E-state index contributed by atoms with van der Waals surface area (Å²) in [5, 5.41) is 12.2. The molecule has 3 aliphatic rings. The van der Waals surface area contributed by atoms with Crippen molar-refractivity contribution in [2.75, 3.05) is 58.5 Å². The van der Waals surface area contributed by atoms with E-state index in [9.17, 15) is 28.8 Å². The average Bonchev–Trinajstić information content (AvgIpc) is 3.63. The van der Waals surface area contributed by atoms with E-state index in [1.54, 1.807) is 63.5 Å². The Morgan fingerprint density at radius 3 is 2.50 bits per heavy atom. The summed E-state index contributed by atoms with van der Waals surface area (Å²) in [5.74, 6) is -2.39. The van der Waals surface area contributed by atoms with E-state index in [1.165, 1.54) is 23.0 Å². The second-order valence-corrected chi connectivity index (χ2v) is 14.6. The third-order valence-corrected chi connectivity index (χ3v) is 10.2. The van der Waals surface area contributed by atoms with Crippen molar-refractivity contribution in [2.24, 2.45) is 5.92 Å². The number of para-hydroxylation sites is 1. The van der Waals surface area contributed by atoms with Gasteiger partial charge in [0.15, 0.2) is 6.61 Å². The van der Waals surface area contributed by atoms with Crippen LogP contribution in [-0.2, 0) is 41.6 Å². The number of aromatic nitrogens is 1. The van der Waals surface area contributed by atoms with E-state index in [1.807, 2.05) is 24.3 Å². The molecule has 306 valence electrons. The summed E-state index contributed by atoms with van der Waals surface area (Å²) >= 11 is 0. The Hall–Kier alpha value is -6.42. The minimum atomic E-state index is -1.21. The van der Waals surface area contributed by atoms with Crippen LogP contribution in [0.2, 0.25) is 0 Å². The summed E-state index contributed by atoms with van der Waals surface area (Å²) in [7, 11) is 3.06. The molecule has 4 aromatic rings. The molecule has 4 heterocycles. The van der Waals surface area contributed by atoms with Gasteiger partial charge in [-0.3, -0.25) is 28.8 Å². The lowest BCUT2D eigenvalue weighted by atomic mass is 10.0. The molecule has 3 aromatic carbocycles. The molecule has 0 fully saturated rings. The number of hydrogen-bond donors (Lipinski definition) is 5. The summed E-state index contributed by atoms with van der Waals surface area (Å²) in [6.07, 6.45) is 1.83. The molecule has 58 heavy (non-hydrogen) atoms. The van der Waals surface area contributed by atoms with Gasteiger partial charge in [0.1, 0.15) is 36.2 Å². The first-order valence-corrected chi connectivity index (χ1v) is 19.2. The van der Waals surface area contributed by atoms with Crippen molar-refractivity contribution in [3.05, 3.63) is 89.6 Å². The highest BCUT2D eigenvalue weighted by Gasteiger charge is 2.33. The number of ether oxygens (including phenoxy) is 3. The fraction of sp³-hybridized carbons (Fsp3) is 0.381. The molecule has 2 bridgehead atoms. The molecule has 16 nitrogen and oxygen atoms in total. The molecule has 16 heteroatoms. The largest absolute Gasteiger partial charge is 0.492 e. The number of rotatable bonds is 8. The number of likely N-dealkylation sites (N-methyl/N-ethyl adjacent to an activating group) is 1. The lowest BCUT2D eigenvalue weighted by molar-refractivity contribution is -0.141. The Kier molecular flexibility index (Phi) is 13.3. The fourth-order valence-electron chi connectivity index (χ4n) is 6.88. The lowest BCUT2D eigenvalue weighted by Gasteiger charge is -2.30. The molecule has 0 saturated heterocycles. The number of methoxy groups -OCH3 is 1. The van der Waals surface area contributed by atoms with E-state index in [2.05, 4.69) is 26.3 Å². The quantitative estimate of drug-likeness (QED) is 0.165. The van der Waals surface area contributed by atoms with Crippen LogP contribution in [0.1, 0.15) is 35.3 Å². The van der Waals surface area contributed by atoms with Gasteiger partial charge in [-0.2, -0.15) is 0 Å². The van der Waals surface area contributed by atoms with Crippen LogP contribution in [0.15, 0.2) is 72.9 Å². The van der Waals surface area contributed by atoms with Crippen LogP contribution in [-0.4, -0.2) is 117 Å². The zero-order valence-corrected chi connectivity index (χ0v) is 33.0. The SMILES string of the molecule is COCCN1CC(=O)N[C@@H](C(C)C)C(=O)NCCOc2ccc(cc2)C[C@H](NC(=O)c2ccc3c(c2)N(C)C(=O)CO3)C(=O)N[C@@H](Cc2c[nH]c3ccccc23)C1=O. The maximum Gasteiger partial charge on any atom is 0.264 e. The zero-order chi connectivity index (χ0) is 41.3. The smallest absolute Gasteiger partial charge is 0.264 e. The topological polar surface area (TPSA) is 200 Å². The average molecular weight is 796 g/mol. The van der Waals surface area contributed by atoms with Gasteiger partial charge in [-0.05, 0) is 53.4 Å². The van der Waals surface area contributed by atoms with Crippen LogP contribution in [0, 0.1) is 5.92 Å². The molecule has 3 aliphatic heterocycles. The van der Waals surface area contributed by atoms with E-state index < -0.39 is 54.2 Å². The lowest BCUT2D eigenvalue weighted by Crippen LogP contribution is -2.58. The number of benzene rings is 3. The van der Waals surface area contributed by atoms with Crippen molar-refractivity contribution in [1.82, 2.24) is 31.2 Å². The van der Waals surface area contributed by atoms with Crippen LogP contribution in [0.25, 0.3) is 10.9 Å². The summed E-state index contributed by atoms with van der Waals surface area (Å²) < 4.78 is 16.7. The number of carbonyl (C=O) groups excluding carboxylic acids is 6. The number of fused-ring (bicyclic) bond motifs is 19. The Labute approximate surface area is 335 Å². The minimum absolute atomic E-state index is 0.00436. The number of nitrogens with one attached hydrogen (secondary N) is 5. The van der Waals surface area contributed by atoms with Gasteiger partial charge in [0.25, 0.3) is 11.8 Å². The van der Waals surface area contributed by atoms with E-state index in [4.69, 9.17) is 14.2 Å². The third-order valence-electron chi connectivity index (χ3n) is 10.2. The van der Waals surface area contributed by atoms with Crippen molar-refractivity contribution in [2.45, 2.75) is 44.8 Å². The number of amides is 6. The standard InChI is InChI=1S/C42H49N7O9/c1-25(2)38-41(54)43-15-17-57-29-12-9-26(10-13-29)19-32(45-39(52)27-11-14-35-34(21-27)48(3)37(51)24-58-35)40(53)46-33(20-28-22-44-31-8-6-5-7-30(28)31)42(55)49(16-18-56-4)23-36(50)47-38/h5-14,21-22,25,32-33,38,44H,15-20,23-24H2,1-4H3,(H,43,54)(H,45,52)(H,46,53)(H,47,50)/t32-,33-,38-/m0/s1. The Morgan fingerprint density at radius 2 is 1.74 bits per heavy atom. The van der Waals surface area contributed by atoms with Gasteiger partial charge < -0.3 is 50.3 Å². The summed E-state index contributed by atoms with van der Waals surface area (Å²) in [5.41, 5.74) is 2.84. The number of anilines is 1. The molecule has 0 spiro atoms. The van der Waals surface area contributed by atoms with E-state index in [-0.39, 0.29) is 63.1 Å². The Morgan fingerprint density at radius 1 is 0.966 bits per heavy atom. The second-order valence-electron chi connectivity index (χ2n) is 14.6. The van der Waals surface area contributed by atoms with Crippen molar-refractivity contribution >= 4 is 52.0 Å². The molecule has 6 amide bonds. The predicted octanol–water partition coefficient (Wildman–Crippen LogP) is 1.72. The molecular weight excluding hydrogens is 747 g/mol. The van der Waals surface area contributed by atoms with Crippen molar-refractivity contribution in [3.8, 4) is 11.5 Å². The van der Waals surface area contributed by atoms with Crippen molar-refractivity contribution < 1.29 is 43.0 Å². The molecule has 0 radical (unpaired) electrons. The first-order valence-electron chi connectivity index (χ1n) is 19.2. The highest BCUT2D eigenvalue weighted by Crippen LogP contribution is 2.32. The van der Waals surface area contributed by atoms with E-state index >= 15 is 0 Å². The van der Waals surface area contributed by atoms with Gasteiger partial charge in [-0.25, -0.2) is 0 Å².